The van der Waals surface area contributed by atoms with Crippen molar-refractivity contribution in [2.75, 3.05) is 18.4 Å². The summed E-state index contributed by atoms with van der Waals surface area (Å²) < 4.78 is 0. The topological polar surface area (TPSA) is 71.0 Å². The van der Waals surface area contributed by atoms with Crippen molar-refractivity contribution in [3.8, 4) is 10.6 Å². The first-order chi connectivity index (χ1) is 11.9. The molecule has 1 amide bonds. The van der Waals surface area contributed by atoms with Gasteiger partial charge in [-0.15, -0.1) is 0 Å². The molecule has 2 aromatic heterocycles. The summed E-state index contributed by atoms with van der Waals surface area (Å²) >= 11 is 1.43. The van der Waals surface area contributed by atoms with E-state index in [0.717, 1.165) is 34.9 Å². The Morgan fingerprint density at radius 3 is 2.80 bits per heavy atom. The van der Waals surface area contributed by atoms with Crippen molar-refractivity contribution in [1.82, 2.24) is 19.9 Å². The molecule has 0 saturated carbocycles. The van der Waals surface area contributed by atoms with Crippen LogP contribution in [0.3, 0.4) is 0 Å². The Morgan fingerprint density at radius 2 is 2.20 bits per heavy atom. The van der Waals surface area contributed by atoms with Crippen LogP contribution >= 0.6 is 11.3 Å². The third-order valence-electron chi connectivity index (χ3n) is 4.56. The van der Waals surface area contributed by atoms with Crippen molar-refractivity contribution in [2.24, 2.45) is 5.92 Å². The Balaban J connectivity index is 1.66. The maximum atomic E-state index is 11.2. The van der Waals surface area contributed by atoms with Gasteiger partial charge in [-0.05, 0) is 46.1 Å². The molecule has 0 aromatic carbocycles. The molecule has 0 bridgehead atoms. The second-order valence-electron chi connectivity index (χ2n) is 6.96. The average Bonchev–Trinajstić information content (AvgIpc) is 3.14. The van der Waals surface area contributed by atoms with Gasteiger partial charge < -0.3 is 10.2 Å². The maximum absolute atomic E-state index is 11.2. The lowest BCUT2D eigenvalue weighted by Gasteiger charge is -2.20. The molecule has 1 aliphatic rings. The van der Waals surface area contributed by atoms with Crippen LogP contribution in [-0.4, -0.2) is 44.9 Å². The van der Waals surface area contributed by atoms with Gasteiger partial charge in [-0.25, -0.2) is 4.98 Å². The molecule has 1 atom stereocenters. The van der Waals surface area contributed by atoms with Gasteiger partial charge in [0.1, 0.15) is 5.69 Å². The van der Waals surface area contributed by atoms with E-state index in [2.05, 4.69) is 39.0 Å². The maximum Gasteiger partial charge on any atom is 0.223 e. The number of carbonyl (C=O) groups excluding carboxylic acids is 1. The number of aryl methyl sites for hydroxylation is 1. The number of anilines is 1. The number of nitrogens with one attached hydrogen (secondary N) is 1. The fourth-order valence-electron chi connectivity index (χ4n) is 3.21. The lowest BCUT2D eigenvalue weighted by atomic mass is 10.0. The molecule has 134 valence electrons. The van der Waals surface area contributed by atoms with Gasteiger partial charge in [-0.1, -0.05) is 11.3 Å². The van der Waals surface area contributed by atoms with Crippen molar-refractivity contribution in [2.45, 2.75) is 46.6 Å². The molecule has 1 aliphatic heterocycles. The predicted octanol–water partition coefficient (Wildman–Crippen LogP) is 3.14. The van der Waals surface area contributed by atoms with Crippen LogP contribution in [0.1, 0.15) is 38.6 Å². The van der Waals surface area contributed by atoms with Crippen molar-refractivity contribution in [3.05, 3.63) is 23.8 Å². The first kappa shape index (κ1) is 17.9. The molecule has 7 heteroatoms. The standard InChI is InChI=1S/C18H25N5OS/c1-11(2)23-6-5-14(10-23)7-15-8-20-16(9-19-15)17-12(3)21-18(25-17)22-13(4)24/h8-9,11,14H,5-7,10H2,1-4H3,(H,21,22,24)/t14-/m0/s1. The first-order valence-electron chi connectivity index (χ1n) is 8.72. The van der Waals surface area contributed by atoms with Crippen molar-refractivity contribution >= 4 is 22.4 Å². The molecular weight excluding hydrogens is 334 g/mol. The van der Waals surface area contributed by atoms with Gasteiger partial charge in [-0.2, -0.15) is 0 Å². The van der Waals surface area contributed by atoms with Crippen LogP contribution in [0.4, 0.5) is 5.13 Å². The van der Waals surface area contributed by atoms with Gasteiger partial charge in [-0.3, -0.25) is 14.8 Å². The molecule has 1 fully saturated rings. The smallest absolute Gasteiger partial charge is 0.223 e. The normalized spacial score (nSPS) is 18.0. The lowest BCUT2D eigenvalue weighted by molar-refractivity contribution is -0.114. The Kier molecular flexibility index (Phi) is 5.44. The monoisotopic (exact) mass is 359 g/mol. The van der Waals surface area contributed by atoms with Crippen LogP contribution < -0.4 is 5.32 Å². The minimum Gasteiger partial charge on any atom is -0.302 e. The molecular formula is C18H25N5OS. The summed E-state index contributed by atoms with van der Waals surface area (Å²) in [5.41, 5.74) is 2.72. The number of rotatable bonds is 5. The first-order valence-corrected chi connectivity index (χ1v) is 9.54. The number of nitrogens with zero attached hydrogens (tertiary/aromatic N) is 4. The van der Waals surface area contributed by atoms with Crippen molar-refractivity contribution in [3.63, 3.8) is 0 Å². The number of thiazole rings is 1. The molecule has 0 unspecified atom stereocenters. The van der Waals surface area contributed by atoms with Crippen LogP contribution in [0.5, 0.6) is 0 Å². The summed E-state index contributed by atoms with van der Waals surface area (Å²) in [6, 6.07) is 0.616. The van der Waals surface area contributed by atoms with E-state index in [-0.39, 0.29) is 5.91 Å². The highest BCUT2D eigenvalue weighted by Crippen LogP contribution is 2.31. The van der Waals surface area contributed by atoms with E-state index in [1.54, 1.807) is 0 Å². The quantitative estimate of drug-likeness (QED) is 0.888. The van der Waals surface area contributed by atoms with E-state index in [4.69, 9.17) is 0 Å². The van der Waals surface area contributed by atoms with E-state index >= 15 is 0 Å². The molecule has 0 radical (unpaired) electrons. The average molecular weight is 359 g/mol. The second-order valence-corrected chi connectivity index (χ2v) is 7.95. The van der Waals surface area contributed by atoms with Gasteiger partial charge in [0.05, 0.1) is 22.5 Å². The Hall–Kier alpha value is -1.86. The SMILES string of the molecule is CC(=O)Nc1nc(C)c(-c2cnc(C[C@@H]3CCN(C(C)C)C3)cn2)s1. The predicted molar refractivity (Wildman–Crippen MR) is 101 cm³/mol. The Morgan fingerprint density at radius 1 is 1.40 bits per heavy atom. The van der Waals surface area contributed by atoms with E-state index in [0.29, 0.717) is 17.1 Å². The minimum atomic E-state index is -0.117. The highest BCUT2D eigenvalue weighted by atomic mass is 32.1. The molecule has 6 nitrogen and oxygen atoms in total. The van der Waals surface area contributed by atoms with E-state index < -0.39 is 0 Å². The largest absolute Gasteiger partial charge is 0.302 e. The highest BCUT2D eigenvalue weighted by molar-refractivity contribution is 7.19. The molecule has 2 aromatic rings. The lowest BCUT2D eigenvalue weighted by Crippen LogP contribution is -2.28. The summed E-state index contributed by atoms with van der Waals surface area (Å²) in [6.07, 6.45) is 5.91. The zero-order valence-corrected chi connectivity index (χ0v) is 16.1. The van der Waals surface area contributed by atoms with E-state index in [1.807, 2.05) is 19.3 Å². The minimum absolute atomic E-state index is 0.117. The highest BCUT2D eigenvalue weighted by Gasteiger charge is 2.24. The van der Waals surface area contributed by atoms with Crippen LogP contribution in [0.2, 0.25) is 0 Å². The molecule has 1 saturated heterocycles. The summed E-state index contributed by atoms with van der Waals surface area (Å²) in [6.45, 7) is 10.2. The number of aromatic nitrogens is 3. The molecule has 3 rings (SSSR count). The summed E-state index contributed by atoms with van der Waals surface area (Å²) in [4.78, 5) is 28.2. The number of amides is 1. The van der Waals surface area contributed by atoms with Crippen LogP contribution in [0, 0.1) is 12.8 Å². The molecule has 0 aliphatic carbocycles. The van der Waals surface area contributed by atoms with Gasteiger partial charge in [0.25, 0.3) is 0 Å². The molecule has 3 heterocycles. The molecule has 0 spiro atoms. The van der Waals surface area contributed by atoms with E-state index in [9.17, 15) is 4.79 Å². The van der Waals surface area contributed by atoms with Crippen LogP contribution in [0.25, 0.3) is 10.6 Å². The van der Waals surface area contributed by atoms with E-state index in [1.165, 1.54) is 31.2 Å². The van der Waals surface area contributed by atoms with Gasteiger partial charge in [0.2, 0.25) is 5.91 Å². The third kappa shape index (κ3) is 4.41. The number of hydrogen-bond donors (Lipinski definition) is 1. The second kappa shape index (κ2) is 7.58. The summed E-state index contributed by atoms with van der Waals surface area (Å²) in [5.74, 6) is 0.549. The third-order valence-corrected chi connectivity index (χ3v) is 5.66. The van der Waals surface area contributed by atoms with Crippen molar-refractivity contribution < 1.29 is 4.79 Å². The van der Waals surface area contributed by atoms with Gasteiger partial charge in [0.15, 0.2) is 5.13 Å². The zero-order valence-electron chi connectivity index (χ0n) is 15.2. The van der Waals surface area contributed by atoms with Gasteiger partial charge >= 0.3 is 0 Å². The molecule has 1 N–H and O–H groups in total. The Bertz CT molecular complexity index is 740. The zero-order chi connectivity index (χ0) is 18.0. The van der Waals surface area contributed by atoms with Crippen LogP contribution in [-0.2, 0) is 11.2 Å². The van der Waals surface area contributed by atoms with Crippen molar-refractivity contribution in [1.29, 1.82) is 0 Å². The van der Waals surface area contributed by atoms with Gasteiger partial charge in [0, 0.05) is 25.7 Å². The summed E-state index contributed by atoms with van der Waals surface area (Å²) in [5, 5.41) is 3.33. The Labute approximate surface area is 152 Å². The number of carbonyl (C=O) groups is 1. The molecule has 25 heavy (non-hydrogen) atoms. The summed E-state index contributed by atoms with van der Waals surface area (Å²) in [7, 11) is 0. The number of hydrogen-bond acceptors (Lipinski definition) is 6. The fraction of sp³-hybridized carbons (Fsp3) is 0.556. The van der Waals surface area contributed by atoms with Crippen LogP contribution in [0.15, 0.2) is 12.4 Å². The number of likely N-dealkylation sites (tertiary alicyclic amines) is 1. The fourth-order valence-corrected chi connectivity index (χ4v) is 4.18.